The predicted octanol–water partition coefficient (Wildman–Crippen LogP) is 1.70. The Morgan fingerprint density at radius 3 is 2.57 bits per heavy atom. The van der Waals surface area contributed by atoms with Gasteiger partial charge in [-0.25, -0.2) is 0 Å². The molecule has 0 aliphatic rings. The van der Waals surface area contributed by atoms with E-state index >= 15 is 0 Å². The summed E-state index contributed by atoms with van der Waals surface area (Å²) in [5.74, 6) is -1.12. The molecule has 0 aliphatic heterocycles. The van der Waals surface area contributed by atoms with Crippen LogP contribution in [0.5, 0.6) is 0 Å². The van der Waals surface area contributed by atoms with Gasteiger partial charge in [0.05, 0.1) is 0 Å². The van der Waals surface area contributed by atoms with Crippen LogP contribution in [-0.4, -0.2) is 11.7 Å². The summed E-state index contributed by atoms with van der Waals surface area (Å²) in [6.45, 7) is 6.93. The predicted molar refractivity (Wildman–Crippen MR) is 54.9 cm³/mol. The van der Waals surface area contributed by atoms with Crippen LogP contribution >= 0.6 is 0 Å². The van der Waals surface area contributed by atoms with Gasteiger partial charge in [0, 0.05) is 12.6 Å². The van der Waals surface area contributed by atoms with Gasteiger partial charge in [-0.15, -0.1) is 0 Å². The van der Waals surface area contributed by atoms with E-state index in [1.807, 2.05) is 13.0 Å². The number of carbonyl (C=O) groups is 2. The summed E-state index contributed by atoms with van der Waals surface area (Å²) >= 11 is 0. The van der Waals surface area contributed by atoms with Gasteiger partial charge in [0.1, 0.15) is 0 Å². The van der Waals surface area contributed by atoms with E-state index in [1.54, 1.807) is 12.1 Å². The molecule has 3 nitrogen and oxygen atoms in total. The Morgan fingerprint density at radius 1 is 1.36 bits per heavy atom. The number of carbonyl (C=O) groups excluding carboxylic acids is 2. The molecule has 1 radical (unpaired) electrons. The van der Waals surface area contributed by atoms with Gasteiger partial charge in [-0.2, -0.15) is 0 Å². The standard InChI is InChI=1S/C11H12NO2/c1-7-5-4-6-10(8(7)2)12-11(14)9(3)13/h4-6H,2H2,1,3H3,(H,12,14). The number of benzene rings is 1. The Morgan fingerprint density at radius 2 is 2.00 bits per heavy atom. The van der Waals surface area contributed by atoms with Crippen LogP contribution in [0, 0.1) is 13.8 Å². The first-order valence-corrected chi connectivity index (χ1v) is 4.26. The average Bonchev–Trinajstić information content (AvgIpc) is 2.12. The molecular formula is C11H12NO2. The van der Waals surface area contributed by atoms with E-state index in [2.05, 4.69) is 12.2 Å². The first-order valence-electron chi connectivity index (χ1n) is 4.26. The van der Waals surface area contributed by atoms with Gasteiger partial charge < -0.3 is 5.32 Å². The van der Waals surface area contributed by atoms with Crippen molar-refractivity contribution in [3.63, 3.8) is 0 Å². The SMILES string of the molecule is [CH2]c1c(C)cccc1NC(=O)C(C)=O. The van der Waals surface area contributed by atoms with Crippen molar-refractivity contribution in [2.45, 2.75) is 13.8 Å². The third-order valence-corrected chi connectivity index (χ3v) is 1.98. The topological polar surface area (TPSA) is 46.2 Å². The van der Waals surface area contributed by atoms with E-state index in [-0.39, 0.29) is 0 Å². The normalized spacial score (nSPS) is 9.64. The second kappa shape index (κ2) is 4.05. The molecule has 0 heterocycles. The summed E-state index contributed by atoms with van der Waals surface area (Å²) in [7, 11) is 0. The fraction of sp³-hybridized carbons (Fsp3) is 0.182. The van der Waals surface area contributed by atoms with Gasteiger partial charge in [-0.3, -0.25) is 9.59 Å². The molecule has 73 valence electrons. The molecule has 0 aliphatic carbocycles. The van der Waals surface area contributed by atoms with Crippen LogP contribution in [0.2, 0.25) is 0 Å². The molecule has 1 aromatic carbocycles. The van der Waals surface area contributed by atoms with Crippen LogP contribution in [0.15, 0.2) is 18.2 Å². The maximum atomic E-state index is 11.1. The lowest BCUT2D eigenvalue weighted by Gasteiger charge is -2.08. The number of hydrogen-bond donors (Lipinski definition) is 1. The smallest absolute Gasteiger partial charge is 0.291 e. The largest absolute Gasteiger partial charge is 0.319 e. The Labute approximate surface area is 83.1 Å². The third-order valence-electron chi connectivity index (χ3n) is 1.98. The Hall–Kier alpha value is -1.64. The quantitative estimate of drug-likeness (QED) is 0.721. The Kier molecular flexibility index (Phi) is 3.02. The molecular weight excluding hydrogens is 178 g/mol. The number of anilines is 1. The minimum Gasteiger partial charge on any atom is -0.319 e. The monoisotopic (exact) mass is 190 g/mol. The van der Waals surface area contributed by atoms with Gasteiger partial charge in [0.25, 0.3) is 5.91 Å². The Balaban J connectivity index is 2.93. The first-order chi connectivity index (χ1) is 6.52. The summed E-state index contributed by atoms with van der Waals surface area (Å²) in [5, 5.41) is 2.50. The number of nitrogens with one attached hydrogen (secondary N) is 1. The lowest BCUT2D eigenvalue weighted by molar-refractivity contribution is -0.133. The molecule has 0 spiro atoms. The zero-order chi connectivity index (χ0) is 10.7. The fourth-order valence-electron chi connectivity index (χ4n) is 1.03. The van der Waals surface area contributed by atoms with Crippen molar-refractivity contribution in [3.05, 3.63) is 36.2 Å². The minimum atomic E-state index is -0.611. The van der Waals surface area contributed by atoms with E-state index in [1.165, 1.54) is 6.92 Å². The van der Waals surface area contributed by atoms with E-state index < -0.39 is 11.7 Å². The summed E-state index contributed by atoms with van der Waals surface area (Å²) in [6.07, 6.45) is 0. The van der Waals surface area contributed by atoms with Crippen LogP contribution in [0.25, 0.3) is 0 Å². The molecule has 1 aromatic rings. The van der Waals surface area contributed by atoms with Crippen molar-refractivity contribution in [3.8, 4) is 0 Å². The molecule has 0 fully saturated rings. The van der Waals surface area contributed by atoms with E-state index in [0.717, 1.165) is 11.1 Å². The number of rotatable bonds is 2. The van der Waals surface area contributed by atoms with E-state index in [9.17, 15) is 9.59 Å². The van der Waals surface area contributed by atoms with Crippen LogP contribution in [0.3, 0.4) is 0 Å². The van der Waals surface area contributed by atoms with E-state index in [0.29, 0.717) is 5.69 Å². The van der Waals surface area contributed by atoms with Crippen molar-refractivity contribution in [2.75, 3.05) is 5.32 Å². The first kappa shape index (κ1) is 10.4. The summed E-state index contributed by atoms with van der Waals surface area (Å²) in [4.78, 5) is 21.8. The van der Waals surface area contributed by atoms with Crippen molar-refractivity contribution in [2.24, 2.45) is 0 Å². The molecule has 1 rings (SSSR count). The second-order valence-corrected chi connectivity index (χ2v) is 3.11. The molecule has 0 unspecified atom stereocenters. The summed E-state index contributed by atoms with van der Waals surface area (Å²) in [6, 6.07) is 5.42. The third kappa shape index (κ3) is 2.19. The van der Waals surface area contributed by atoms with Crippen molar-refractivity contribution in [1.29, 1.82) is 0 Å². The highest BCUT2D eigenvalue weighted by Crippen LogP contribution is 2.17. The fourth-order valence-corrected chi connectivity index (χ4v) is 1.03. The summed E-state index contributed by atoms with van der Waals surface area (Å²) < 4.78 is 0. The Bertz CT molecular complexity index is 383. The molecule has 0 atom stereocenters. The highest BCUT2D eigenvalue weighted by Gasteiger charge is 2.09. The maximum absolute atomic E-state index is 11.1. The van der Waals surface area contributed by atoms with Crippen LogP contribution in [0.4, 0.5) is 5.69 Å². The van der Waals surface area contributed by atoms with Crippen molar-refractivity contribution >= 4 is 17.4 Å². The molecule has 1 amide bonds. The van der Waals surface area contributed by atoms with Crippen LogP contribution in [0.1, 0.15) is 18.1 Å². The van der Waals surface area contributed by atoms with Crippen LogP contribution < -0.4 is 5.32 Å². The number of Topliss-reactive ketones (excluding diaryl/α,β-unsaturated/α-hetero) is 1. The molecule has 0 saturated carbocycles. The van der Waals surface area contributed by atoms with Gasteiger partial charge in [-0.05, 0) is 31.0 Å². The zero-order valence-corrected chi connectivity index (χ0v) is 8.26. The lowest BCUT2D eigenvalue weighted by Crippen LogP contribution is -2.20. The zero-order valence-electron chi connectivity index (χ0n) is 8.26. The molecule has 3 heteroatoms. The minimum absolute atomic E-state index is 0.508. The van der Waals surface area contributed by atoms with Crippen LogP contribution in [-0.2, 0) is 9.59 Å². The number of amides is 1. The average molecular weight is 190 g/mol. The number of hydrogen-bond acceptors (Lipinski definition) is 2. The maximum Gasteiger partial charge on any atom is 0.291 e. The molecule has 0 aromatic heterocycles. The van der Waals surface area contributed by atoms with Gasteiger partial charge in [0.15, 0.2) is 0 Å². The van der Waals surface area contributed by atoms with Crippen molar-refractivity contribution < 1.29 is 9.59 Å². The highest BCUT2D eigenvalue weighted by atomic mass is 16.2. The van der Waals surface area contributed by atoms with Crippen molar-refractivity contribution in [1.82, 2.24) is 0 Å². The lowest BCUT2D eigenvalue weighted by atomic mass is 10.1. The number of ketones is 1. The summed E-state index contributed by atoms with van der Waals surface area (Å²) in [5.41, 5.74) is 2.30. The second-order valence-electron chi connectivity index (χ2n) is 3.11. The van der Waals surface area contributed by atoms with Gasteiger partial charge >= 0.3 is 0 Å². The van der Waals surface area contributed by atoms with Gasteiger partial charge in [-0.1, -0.05) is 12.1 Å². The van der Waals surface area contributed by atoms with E-state index in [4.69, 9.17) is 0 Å². The molecule has 14 heavy (non-hydrogen) atoms. The molecule has 1 N–H and O–H groups in total. The highest BCUT2D eigenvalue weighted by molar-refractivity contribution is 6.39. The van der Waals surface area contributed by atoms with Gasteiger partial charge in [0.2, 0.25) is 5.78 Å². The molecule has 0 bridgehead atoms. The number of aryl methyl sites for hydroxylation is 1. The molecule has 0 saturated heterocycles.